The normalized spacial score (nSPS) is 16.8. The third-order valence-electron chi connectivity index (χ3n) is 11.6. The number of furan rings is 2. The maximum atomic E-state index is 6.78. The van der Waals surface area contributed by atoms with Gasteiger partial charge in [-0.05, 0) is 102 Å². The second-order valence-electron chi connectivity index (χ2n) is 14.2. The monoisotopic (exact) mass is 633 g/mol. The minimum atomic E-state index is 0.542. The van der Waals surface area contributed by atoms with Crippen LogP contribution in [0.2, 0.25) is 0 Å². The van der Waals surface area contributed by atoms with Gasteiger partial charge in [0, 0.05) is 44.8 Å². The first-order chi connectivity index (χ1) is 24.2. The third kappa shape index (κ3) is 3.90. The SMILES string of the molecule is CC1CCc2cccc(-c3ccc4c5c(oc4c3)C=C(n3c4c(c6c7oc8ccccc8c7ccc63)C=CCC4)CC5)c2-c2ccccc21. The summed E-state index contributed by atoms with van der Waals surface area (Å²) in [5, 5.41) is 4.81. The molecule has 8 aromatic rings. The largest absolute Gasteiger partial charge is 0.456 e. The Bertz CT molecular complexity index is 2740. The number of para-hydroxylation sites is 1. The highest BCUT2D eigenvalue weighted by Crippen LogP contribution is 2.46. The number of allylic oxidation sites excluding steroid dienone is 2. The van der Waals surface area contributed by atoms with Crippen LogP contribution in [0.15, 0.2) is 112 Å². The van der Waals surface area contributed by atoms with Gasteiger partial charge >= 0.3 is 0 Å². The molecule has 49 heavy (non-hydrogen) atoms. The Morgan fingerprint density at radius 1 is 0.714 bits per heavy atom. The van der Waals surface area contributed by atoms with E-state index in [0.29, 0.717) is 5.92 Å². The lowest BCUT2D eigenvalue weighted by Gasteiger charge is -2.19. The van der Waals surface area contributed by atoms with Gasteiger partial charge in [-0.3, -0.25) is 0 Å². The van der Waals surface area contributed by atoms with E-state index in [2.05, 4.69) is 127 Å². The molecule has 3 aromatic heterocycles. The predicted molar refractivity (Wildman–Crippen MR) is 203 cm³/mol. The lowest BCUT2D eigenvalue weighted by atomic mass is 9.87. The quantitative estimate of drug-likeness (QED) is 0.190. The van der Waals surface area contributed by atoms with Crippen LogP contribution >= 0.6 is 0 Å². The third-order valence-corrected chi connectivity index (χ3v) is 11.6. The van der Waals surface area contributed by atoms with E-state index in [-0.39, 0.29) is 0 Å². The van der Waals surface area contributed by atoms with E-state index in [0.717, 1.165) is 54.6 Å². The zero-order valence-electron chi connectivity index (χ0n) is 27.6. The molecule has 11 rings (SSSR count). The molecule has 3 aliphatic carbocycles. The number of nitrogens with zero attached hydrogens (tertiary/aromatic N) is 1. The topological polar surface area (TPSA) is 31.2 Å². The summed E-state index contributed by atoms with van der Waals surface area (Å²) in [7, 11) is 0. The maximum Gasteiger partial charge on any atom is 0.145 e. The standard InChI is InChI=1S/C46H35NO2/c1-27-17-18-28-9-8-14-32(44(28)36-12-3-2-10-31(27)36)29-19-21-34-35-22-20-30(26-43(35)48-42(34)25-29)47-39-15-6-4-13-38(39)45-40(47)24-23-37-33-11-5-7-16-41(33)49-46(37)45/h2-5,7-14,16,19,21,23-27H,6,15,17-18,20,22H2,1H3. The van der Waals surface area contributed by atoms with Crippen LogP contribution in [0.5, 0.6) is 0 Å². The molecule has 0 N–H and O–H groups in total. The average Bonchev–Trinajstić information content (AvgIpc) is 3.79. The fraction of sp³-hybridized carbons (Fsp3) is 0.174. The van der Waals surface area contributed by atoms with Crippen molar-refractivity contribution in [1.29, 1.82) is 0 Å². The zero-order valence-corrected chi connectivity index (χ0v) is 27.6. The van der Waals surface area contributed by atoms with Crippen LogP contribution in [0.3, 0.4) is 0 Å². The smallest absolute Gasteiger partial charge is 0.145 e. The number of benzene rings is 5. The predicted octanol–water partition coefficient (Wildman–Crippen LogP) is 12.6. The number of aromatic nitrogens is 1. The van der Waals surface area contributed by atoms with E-state index in [9.17, 15) is 0 Å². The van der Waals surface area contributed by atoms with E-state index in [1.165, 1.54) is 89.4 Å². The van der Waals surface area contributed by atoms with Gasteiger partial charge in [0.1, 0.15) is 22.5 Å². The highest BCUT2D eigenvalue weighted by molar-refractivity contribution is 6.18. The number of aryl methyl sites for hydroxylation is 2. The van der Waals surface area contributed by atoms with Crippen LogP contribution in [-0.2, 0) is 19.3 Å². The molecule has 0 saturated carbocycles. The number of hydrogen-bond donors (Lipinski definition) is 0. The van der Waals surface area contributed by atoms with Gasteiger partial charge in [-0.2, -0.15) is 0 Å². The van der Waals surface area contributed by atoms with Crippen molar-refractivity contribution in [2.24, 2.45) is 0 Å². The first-order valence-corrected chi connectivity index (χ1v) is 17.8. The highest BCUT2D eigenvalue weighted by atomic mass is 16.3. The van der Waals surface area contributed by atoms with Gasteiger partial charge in [-0.25, -0.2) is 0 Å². The molecule has 1 atom stereocenters. The molecule has 0 aliphatic heterocycles. The molecule has 0 spiro atoms. The molecule has 3 aliphatic rings. The van der Waals surface area contributed by atoms with E-state index < -0.39 is 0 Å². The number of rotatable bonds is 2. The Kier molecular flexibility index (Phi) is 5.72. The van der Waals surface area contributed by atoms with Crippen LogP contribution < -0.4 is 0 Å². The summed E-state index contributed by atoms with van der Waals surface area (Å²) in [5.41, 5.74) is 17.6. The Morgan fingerprint density at radius 3 is 2.57 bits per heavy atom. The molecular weight excluding hydrogens is 599 g/mol. The van der Waals surface area contributed by atoms with Crippen molar-refractivity contribution < 1.29 is 8.83 Å². The summed E-state index contributed by atoms with van der Waals surface area (Å²) < 4.78 is 15.9. The molecule has 3 nitrogen and oxygen atoms in total. The summed E-state index contributed by atoms with van der Waals surface area (Å²) in [4.78, 5) is 0. The van der Waals surface area contributed by atoms with Crippen molar-refractivity contribution >= 4 is 61.7 Å². The van der Waals surface area contributed by atoms with Gasteiger partial charge in [-0.15, -0.1) is 0 Å². The highest BCUT2D eigenvalue weighted by Gasteiger charge is 2.27. The molecule has 0 fully saturated rings. The van der Waals surface area contributed by atoms with E-state index in [1.807, 2.05) is 0 Å². The Morgan fingerprint density at radius 2 is 1.59 bits per heavy atom. The first-order valence-electron chi connectivity index (χ1n) is 17.8. The minimum Gasteiger partial charge on any atom is -0.456 e. The van der Waals surface area contributed by atoms with Crippen LogP contribution in [0.25, 0.3) is 83.9 Å². The van der Waals surface area contributed by atoms with E-state index in [4.69, 9.17) is 8.83 Å². The number of fused-ring (bicyclic) bond motifs is 13. The first kappa shape index (κ1) is 27.4. The fourth-order valence-corrected chi connectivity index (χ4v) is 9.22. The zero-order chi connectivity index (χ0) is 32.2. The Hall–Kier alpha value is -5.54. The van der Waals surface area contributed by atoms with Crippen molar-refractivity contribution in [3.8, 4) is 22.3 Å². The minimum absolute atomic E-state index is 0.542. The van der Waals surface area contributed by atoms with Gasteiger partial charge in [0.15, 0.2) is 0 Å². The van der Waals surface area contributed by atoms with Gasteiger partial charge in [0.2, 0.25) is 0 Å². The molecule has 0 saturated heterocycles. The summed E-state index contributed by atoms with van der Waals surface area (Å²) in [6.45, 7) is 2.37. The number of hydrogen-bond acceptors (Lipinski definition) is 2. The van der Waals surface area contributed by atoms with Gasteiger partial charge in [-0.1, -0.05) is 91.9 Å². The maximum absolute atomic E-state index is 6.78. The molecule has 1 unspecified atom stereocenters. The van der Waals surface area contributed by atoms with Gasteiger partial charge in [0.05, 0.1) is 10.9 Å². The Balaban J connectivity index is 1.06. The van der Waals surface area contributed by atoms with Crippen LogP contribution in [0.1, 0.15) is 65.8 Å². The molecule has 0 bridgehead atoms. The lowest BCUT2D eigenvalue weighted by Crippen LogP contribution is -2.08. The second-order valence-corrected chi connectivity index (χ2v) is 14.2. The molecule has 3 heterocycles. The summed E-state index contributed by atoms with van der Waals surface area (Å²) in [6, 6.07) is 35.7. The van der Waals surface area contributed by atoms with Crippen LogP contribution in [-0.4, -0.2) is 4.57 Å². The molecule has 236 valence electrons. The summed E-state index contributed by atoms with van der Waals surface area (Å²) in [5.74, 6) is 1.53. The van der Waals surface area contributed by atoms with Gasteiger partial charge < -0.3 is 13.4 Å². The van der Waals surface area contributed by atoms with Crippen molar-refractivity contribution in [3.63, 3.8) is 0 Å². The van der Waals surface area contributed by atoms with Crippen LogP contribution in [0.4, 0.5) is 0 Å². The molecule has 3 heteroatoms. The lowest BCUT2D eigenvalue weighted by molar-refractivity contribution is 0.595. The second kappa shape index (κ2) is 10.2. The van der Waals surface area contributed by atoms with Crippen molar-refractivity contribution in [1.82, 2.24) is 4.57 Å². The van der Waals surface area contributed by atoms with E-state index in [1.54, 1.807) is 0 Å². The van der Waals surface area contributed by atoms with Gasteiger partial charge in [0.25, 0.3) is 0 Å². The van der Waals surface area contributed by atoms with Crippen molar-refractivity contribution in [3.05, 3.63) is 137 Å². The molecular formula is C46H35NO2. The fourth-order valence-electron chi connectivity index (χ4n) is 9.22. The molecule has 0 amide bonds. The summed E-state index contributed by atoms with van der Waals surface area (Å²) in [6.07, 6.45) is 13.2. The Labute approximate surface area is 284 Å². The molecule has 0 radical (unpaired) electrons. The molecule has 5 aromatic carbocycles. The van der Waals surface area contributed by atoms with Crippen molar-refractivity contribution in [2.45, 2.75) is 51.4 Å². The van der Waals surface area contributed by atoms with E-state index >= 15 is 0 Å². The summed E-state index contributed by atoms with van der Waals surface area (Å²) >= 11 is 0. The average molecular weight is 634 g/mol. The van der Waals surface area contributed by atoms with Crippen molar-refractivity contribution in [2.75, 3.05) is 0 Å². The van der Waals surface area contributed by atoms with Crippen LogP contribution in [0, 0.1) is 0 Å².